The van der Waals surface area contributed by atoms with Crippen molar-refractivity contribution in [3.05, 3.63) is 35.4 Å². The van der Waals surface area contributed by atoms with Crippen molar-refractivity contribution >= 4 is 5.91 Å². The number of nitrogens with one attached hydrogen (secondary N) is 1. The van der Waals surface area contributed by atoms with Crippen LogP contribution in [0.15, 0.2) is 24.3 Å². The van der Waals surface area contributed by atoms with Crippen LogP contribution in [0.1, 0.15) is 36.8 Å². The Balaban J connectivity index is 1.61. The number of nitrogens with zero attached hydrogens (tertiary/aromatic N) is 1. The Morgan fingerprint density at radius 3 is 2.81 bits per heavy atom. The number of benzene rings is 1. The van der Waals surface area contributed by atoms with Crippen molar-refractivity contribution in [1.82, 2.24) is 10.2 Å². The second-order valence-corrected chi connectivity index (χ2v) is 6.70. The van der Waals surface area contributed by atoms with E-state index in [9.17, 15) is 4.79 Å². The zero-order valence-electron chi connectivity index (χ0n) is 13.0. The summed E-state index contributed by atoms with van der Waals surface area (Å²) in [5, 5.41) is 3.51. The molecule has 1 aliphatic carbocycles. The van der Waals surface area contributed by atoms with E-state index in [-0.39, 0.29) is 0 Å². The summed E-state index contributed by atoms with van der Waals surface area (Å²) in [6.07, 6.45) is 5.59. The second kappa shape index (κ2) is 6.61. The number of amides is 1. The molecule has 1 atom stereocenters. The molecule has 0 radical (unpaired) electrons. The molecule has 1 amide bonds. The number of rotatable bonds is 6. The third kappa shape index (κ3) is 4.31. The molecular formula is C18H26N2O. The van der Waals surface area contributed by atoms with Crippen LogP contribution in [0.4, 0.5) is 0 Å². The highest BCUT2D eigenvalue weighted by atomic mass is 16.2. The molecule has 1 saturated carbocycles. The molecule has 3 nitrogen and oxygen atoms in total. The van der Waals surface area contributed by atoms with Crippen LogP contribution in [-0.2, 0) is 11.2 Å². The zero-order valence-corrected chi connectivity index (χ0v) is 13.0. The average molecular weight is 286 g/mol. The van der Waals surface area contributed by atoms with E-state index in [0.717, 1.165) is 31.1 Å². The molecular weight excluding hydrogens is 260 g/mol. The van der Waals surface area contributed by atoms with Crippen LogP contribution >= 0.6 is 0 Å². The van der Waals surface area contributed by atoms with Crippen LogP contribution in [0.2, 0.25) is 0 Å². The smallest absolute Gasteiger partial charge is 0.227 e. The largest absolute Gasteiger partial charge is 0.341 e. The fourth-order valence-corrected chi connectivity index (χ4v) is 3.18. The molecule has 2 aliphatic rings. The molecule has 1 aromatic carbocycles. The molecule has 1 N–H and O–H groups in total. The SMILES string of the molecule is Cc1cccc(CC(=O)N(CC2CC2)CC2CCCN2)c1. The highest BCUT2D eigenvalue weighted by Gasteiger charge is 2.28. The van der Waals surface area contributed by atoms with E-state index in [1.54, 1.807) is 0 Å². The molecule has 3 heteroatoms. The molecule has 1 unspecified atom stereocenters. The Morgan fingerprint density at radius 1 is 1.29 bits per heavy atom. The van der Waals surface area contributed by atoms with Gasteiger partial charge in [-0.3, -0.25) is 4.79 Å². The Bertz CT molecular complexity index is 490. The van der Waals surface area contributed by atoms with Gasteiger partial charge < -0.3 is 10.2 Å². The lowest BCUT2D eigenvalue weighted by atomic mass is 10.1. The summed E-state index contributed by atoms with van der Waals surface area (Å²) < 4.78 is 0. The molecule has 114 valence electrons. The lowest BCUT2D eigenvalue weighted by Gasteiger charge is -2.26. The van der Waals surface area contributed by atoms with Crippen molar-refractivity contribution < 1.29 is 4.79 Å². The summed E-state index contributed by atoms with van der Waals surface area (Å²) in [5.41, 5.74) is 2.37. The molecule has 0 bridgehead atoms. The molecule has 21 heavy (non-hydrogen) atoms. The van der Waals surface area contributed by atoms with Crippen molar-refractivity contribution in [3.63, 3.8) is 0 Å². The fourth-order valence-electron chi connectivity index (χ4n) is 3.18. The van der Waals surface area contributed by atoms with Gasteiger partial charge in [0.25, 0.3) is 0 Å². The van der Waals surface area contributed by atoms with E-state index >= 15 is 0 Å². The summed E-state index contributed by atoms with van der Waals surface area (Å²) in [5.74, 6) is 1.05. The second-order valence-electron chi connectivity index (χ2n) is 6.70. The third-order valence-electron chi connectivity index (χ3n) is 4.57. The summed E-state index contributed by atoms with van der Waals surface area (Å²) in [7, 11) is 0. The van der Waals surface area contributed by atoms with Gasteiger partial charge in [-0.15, -0.1) is 0 Å². The van der Waals surface area contributed by atoms with Gasteiger partial charge in [0.1, 0.15) is 0 Å². The van der Waals surface area contributed by atoms with Gasteiger partial charge in [0, 0.05) is 19.1 Å². The quantitative estimate of drug-likeness (QED) is 0.871. The van der Waals surface area contributed by atoms with E-state index in [2.05, 4.69) is 35.3 Å². The first-order chi connectivity index (χ1) is 10.2. The van der Waals surface area contributed by atoms with Gasteiger partial charge in [-0.25, -0.2) is 0 Å². The van der Waals surface area contributed by atoms with Crippen molar-refractivity contribution in [1.29, 1.82) is 0 Å². The lowest BCUT2D eigenvalue weighted by Crippen LogP contribution is -2.42. The molecule has 0 spiro atoms. The fraction of sp³-hybridized carbons (Fsp3) is 0.611. The van der Waals surface area contributed by atoms with Gasteiger partial charge in [-0.2, -0.15) is 0 Å². The molecule has 3 rings (SSSR count). The molecule has 2 fully saturated rings. The summed E-state index contributed by atoms with van der Waals surface area (Å²) in [6.45, 7) is 5.04. The van der Waals surface area contributed by atoms with E-state index in [4.69, 9.17) is 0 Å². The lowest BCUT2D eigenvalue weighted by molar-refractivity contribution is -0.131. The van der Waals surface area contributed by atoms with Gasteiger partial charge in [-0.05, 0) is 50.6 Å². The molecule has 1 heterocycles. The van der Waals surface area contributed by atoms with Gasteiger partial charge >= 0.3 is 0 Å². The maximum absolute atomic E-state index is 12.7. The summed E-state index contributed by atoms with van der Waals surface area (Å²) in [6, 6.07) is 8.82. The van der Waals surface area contributed by atoms with E-state index < -0.39 is 0 Å². The minimum Gasteiger partial charge on any atom is -0.341 e. The highest BCUT2D eigenvalue weighted by Crippen LogP contribution is 2.30. The van der Waals surface area contributed by atoms with Crippen LogP contribution in [0.5, 0.6) is 0 Å². The first-order valence-electron chi connectivity index (χ1n) is 8.27. The molecule has 1 aliphatic heterocycles. The first kappa shape index (κ1) is 14.6. The zero-order chi connectivity index (χ0) is 14.7. The molecule has 1 saturated heterocycles. The summed E-state index contributed by atoms with van der Waals surface area (Å²) in [4.78, 5) is 14.8. The Morgan fingerprint density at radius 2 is 2.14 bits per heavy atom. The topological polar surface area (TPSA) is 32.3 Å². The van der Waals surface area contributed by atoms with Crippen LogP contribution in [0.25, 0.3) is 0 Å². The number of hydrogen-bond acceptors (Lipinski definition) is 2. The third-order valence-corrected chi connectivity index (χ3v) is 4.57. The molecule has 0 aromatic heterocycles. The van der Waals surface area contributed by atoms with Gasteiger partial charge in [0.05, 0.1) is 6.42 Å². The molecule has 1 aromatic rings. The van der Waals surface area contributed by atoms with Gasteiger partial charge in [-0.1, -0.05) is 29.8 Å². The van der Waals surface area contributed by atoms with Crippen LogP contribution in [0, 0.1) is 12.8 Å². The van der Waals surface area contributed by atoms with Crippen molar-refractivity contribution in [2.45, 2.75) is 45.1 Å². The van der Waals surface area contributed by atoms with Crippen LogP contribution in [-0.4, -0.2) is 36.5 Å². The maximum atomic E-state index is 12.7. The first-order valence-corrected chi connectivity index (χ1v) is 8.27. The van der Waals surface area contributed by atoms with Gasteiger partial charge in [0.2, 0.25) is 5.91 Å². The van der Waals surface area contributed by atoms with Crippen LogP contribution in [0.3, 0.4) is 0 Å². The van der Waals surface area contributed by atoms with E-state index in [1.165, 1.54) is 31.2 Å². The maximum Gasteiger partial charge on any atom is 0.227 e. The van der Waals surface area contributed by atoms with Crippen molar-refractivity contribution in [3.8, 4) is 0 Å². The van der Waals surface area contributed by atoms with Gasteiger partial charge in [0.15, 0.2) is 0 Å². The number of carbonyl (C=O) groups excluding carboxylic acids is 1. The summed E-state index contributed by atoms with van der Waals surface area (Å²) >= 11 is 0. The van der Waals surface area contributed by atoms with Crippen LogP contribution < -0.4 is 5.32 Å². The Labute approximate surface area is 127 Å². The van der Waals surface area contributed by atoms with Crippen molar-refractivity contribution in [2.75, 3.05) is 19.6 Å². The minimum atomic E-state index is 0.293. The standard InChI is InChI=1S/C18H26N2O/c1-14-4-2-5-16(10-14)11-18(21)20(12-15-7-8-15)13-17-6-3-9-19-17/h2,4-5,10,15,17,19H,3,6-9,11-13H2,1H3. The average Bonchev–Trinajstić information content (AvgIpc) is 3.12. The number of carbonyl (C=O) groups is 1. The Kier molecular flexibility index (Phi) is 4.59. The monoisotopic (exact) mass is 286 g/mol. The Hall–Kier alpha value is -1.35. The normalized spacial score (nSPS) is 21.5. The number of hydrogen-bond donors (Lipinski definition) is 1. The number of aryl methyl sites for hydroxylation is 1. The predicted molar refractivity (Wildman–Crippen MR) is 85.2 cm³/mol. The van der Waals surface area contributed by atoms with E-state index in [0.29, 0.717) is 18.4 Å². The van der Waals surface area contributed by atoms with E-state index in [1.807, 2.05) is 6.07 Å². The minimum absolute atomic E-state index is 0.293. The highest BCUT2D eigenvalue weighted by molar-refractivity contribution is 5.79. The predicted octanol–water partition coefficient (Wildman–Crippen LogP) is 2.53. The van der Waals surface area contributed by atoms with Crippen molar-refractivity contribution in [2.24, 2.45) is 5.92 Å².